The Labute approximate surface area is 368 Å². The number of aryl methyl sites for hydroxylation is 1. The first kappa shape index (κ1) is 41.1. The number of fused-ring (bicyclic) bond motifs is 4. The highest BCUT2D eigenvalue weighted by Crippen LogP contribution is 2.40. The number of benzene rings is 1. The Bertz CT molecular complexity index is 2860. The number of aromatic nitrogens is 4. The van der Waals surface area contributed by atoms with E-state index in [4.69, 9.17) is 0 Å². The van der Waals surface area contributed by atoms with Gasteiger partial charge in [-0.2, -0.15) is 0 Å². The van der Waals surface area contributed by atoms with Crippen LogP contribution in [0.25, 0.3) is 11.1 Å². The third-order valence-electron chi connectivity index (χ3n) is 13.2. The first-order valence-corrected chi connectivity index (χ1v) is 21.6. The number of pyridine rings is 3. The summed E-state index contributed by atoms with van der Waals surface area (Å²) >= 11 is 0. The number of aliphatic hydroxyl groups is 1. The smallest absolute Gasteiger partial charge is 0.276 e. The van der Waals surface area contributed by atoms with E-state index in [0.29, 0.717) is 59.3 Å². The molecule has 1 unspecified atom stereocenters. The van der Waals surface area contributed by atoms with Gasteiger partial charge in [0.1, 0.15) is 29.1 Å². The van der Waals surface area contributed by atoms with Crippen molar-refractivity contribution in [3.8, 4) is 11.1 Å². The Hall–Kier alpha value is -6.98. The number of piperazine rings is 1. The first-order chi connectivity index (χ1) is 30.8. The SMILES string of the molecule is Cn1cc(-c2ccnc(N3CCn4c(cc5c4CC(C)(C)C5)C3=O)c2CO)cc(Nc2ccc(N3CCN(Cc4ccc5c(c4)C(=O)N(C4CCC(=O)NC4=O)C5=O)CC3)cn2)c1=O. The van der Waals surface area contributed by atoms with Gasteiger partial charge in [0.15, 0.2) is 0 Å². The molecule has 5 aliphatic rings. The molecule has 2 saturated heterocycles. The highest BCUT2D eigenvalue weighted by Gasteiger charge is 2.45. The van der Waals surface area contributed by atoms with Gasteiger partial charge in [0.25, 0.3) is 23.3 Å². The second-order valence-corrected chi connectivity index (χ2v) is 18.1. The molecule has 5 amide bonds. The summed E-state index contributed by atoms with van der Waals surface area (Å²) in [4.78, 5) is 94.3. The topological polar surface area (TPSA) is 195 Å². The van der Waals surface area contributed by atoms with Crippen LogP contribution in [0.5, 0.6) is 0 Å². The van der Waals surface area contributed by atoms with E-state index in [1.54, 1.807) is 54.8 Å². The van der Waals surface area contributed by atoms with E-state index in [0.717, 1.165) is 55.2 Å². The minimum atomic E-state index is -1.00. The average Bonchev–Trinajstić information content (AvgIpc) is 3.86. The third kappa shape index (κ3) is 7.13. The molecule has 5 aromatic rings. The zero-order valence-corrected chi connectivity index (χ0v) is 35.9. The van der Waals surface area contributed by atoms with Crippen LogP contribution in [-0.2, 0) is 49.2 Å². The van der Waals surface area contributed by atoms with Gasteiger partial charge >= 0.3 is 0 Å². The Morgan fingerprint density at radius 1 is 0.844 bits per heavy atom. The van der Waals surface area contributed by atoms with Crippen LogP contribution in [0.15, 0.2) is 71.9 Å². The Morgan fingerprint density at radius 2 is 1.64 bits per heavy atom. The third-order valence-corrected chi connectivity index (χ3v) is 13.2. The molecule has 4 aliphatic heterocycles. The number of piperidine rings is 1. The maximum Gasteiger partial charge on any atom is 0.276 e. The average molecular weight is 865 g/mol. The van der Waals surface area contributed by atoms with Crippen molar-refractivity contribution in [2.75, 3.05) is 47.8 Å². The number of rotatable bonds is 9. The fourth-order valence-corrected chi connectivity index (χ4v) is 10.0. The van der Waals surface area contributed by atoms with Gasteiger partial charge in [-0.1, -0.05) is 19.9 Å². The molecule has 8 heterocycles. The Morgan fingerprint density at radius 3 is 2.39 bits per heavy atom. The quantitative estimate of drug-likeness (QED) is 0.183. The summed E-state index contributed by atoms with van der Waals surface area (Å²) < 4.78 is 3.63. The van der Waals surface area contributed by atoms with E-state index in [9.17, 15) is 33.9 Å². The lowest BCUT2D eigenvalue weighted by Crippen LogP contribution is -2.54. The number of anilines is 4. The van der Waals surface area contributed by atoms with Crippen molar-refractivity contribution in [2.45, 2.75) is 65.3 Å². The predicted molar refractivity (Wildman–Crippen MR) is 236 cm³/mol. The summed E-state index contributed by atoms with van der Waals surface area (Å²) in [5, 5.41) is 16.2. The molecular formula is C47H48N10O7. The van der Waals surface area contributed by atoms with Crippen molar-refractivity contribution >= 4 is 52.5 Å². The van der Waals surface area contributed by atoms with E-state index in [1.165, 1.54) is 15.8 Å². The number of nitrogens with zero attached hydrogens (tertiary/aromatic N) is 8. The number of nitrogens with one attached hydrogen (secondary N) is 2. The van der Waals surface area contributed by atoms with Gasteiger partial charge in [0, 0.05) is 88.5 Å². The standard InChI is InChI=1S/C47H48N10O7/c1-47(2)21-28-20-37-46(64)56(17-16-55(37)38(28)22-47)41-34(26-58)31(10-11-48-41)29-19-35(45(63)52(3)25-29)50-39-8-5-30(23-49-39)54-14-12-53(13-15-54)24-27-4-6-32-33(18-27)44(62)57(43(32)61)36-7-9-40(59)51-42(36)60/h4-6,8,10-11,18-20,23,25,36,58H,7,9,12-17,21-22,24,26H2,1-3H3,(H,49,50)(H,51,59,60). The lowest BCUT2D eigenvalue weighted by Gasteiger charge is -2.36. The summed E-state index contributed by atoms with van der Waals surface area (Å²) in [6.07, 6.45) is 7.15. The molecule has 1 aromatic carbocycles. The van der Waals surface area contributed by atoms with Gasteiger partial charge in [-0.05, 0) is 83.8 Å². The van der Waals surface area contributed by atoms with Gasteiger partial charge < -0.3 is 24.5 Å². The Kier molecular flexibility index (Phi) is 10.1. The van der Waals surface area contributed by atoms with E-state index in [-0.39, 0.29) is 47.5 Å². The molecule has 328 valence electrons. The largest absolute Gasteiger partial charge is 0.392 e. The summed E-state index contributed by atoms with van der Waals surface area (Å²) in [7, 11) is 1.67. The fourth-order valence-electron chi connectivity index (χ4n) is 10.0. The van der Waals surface area contributed by atoms with Crippen LogP contribution in [0, 0.1) is 5.41 Å². The number of aliphatic hydroxyl groups excluding tert-OH is 1. The van der Waals surface area contributed by atoms with Gasteiger partial charge in [0.2, 0.25) is 11.8 Å². The van der Waals surface area contributed by atoms with Crippen molar-refractivity contribution in [1.29, 1.82) is 0 Å². The van der Waals surface area contributed by atoms with Crippen molar-refractivity contribution in [3.05, 3.63) is 117 Å². The molecule has 2 fully saturated rings. The molecule has 0 bridgehead atoms. The minimum Gasteiger partial charge on any atom is -0.392 e. The summed E-state index contributed by atoms with van der Waals surface area (Å²) in [6, 6.07) is 13.5. The molecule has 1 aliphatic carbocycles. The van der Waals surface area contributed by atoms with Crippen LogP contribution in [0.1, 0.15) is 80.3 Å². The summed E-state index contributed by atoms with van der Waals surface area (Å²) in [5.41, 5.74) is 7.45. The van der Waals surface area contributed by atoms with Crippen molar-refractivity contribution in [3.63, 3.8) is 0 Å². The number of carbonyl (C=O) groups is 5. The van der Waals surface area contributed by atoms with Crippen molar-refractivity contribution in [2.24, 2.45) is 12.5 Å². The molecule has 64 heavy (non-hydrogen) atoms. The van der Waals surface area contributed by atoms with E-state index < -0.39 is 29.7 Å². The molecule has 10 rings (SSSR count). The molecule has 4 aromatic heterocycles. The van der Waals surface area contributed by atoms with Crippen LogP contribution in [0.4, 0.5) is 23.0 Å². The normalized spacial score (nSPS) is 19.5. The molecule has 1 atom stereocenters. The zero-order valence-electron chi connectivity index (χ0n) is 35.9. The summed E-state index contributed by atoms with van der Waals surface area (Å²) in [6.45, 7) is 8.69. The Balaban J connectivity index is 0.791. The van der Waals surface area contributed by atoms with Crippen LogP contribution in [0.2, 0.25) is 0 Å². The molecular weight excluding hydrogens is 817 g/mol. The molecule has 0 saturated carbocycles. The summed E-state index contributed by atoms with van der Waals surface area (Å²) in [5.74, 6) is -1.35. The molecule has 17 nitrogen and oxygen atoms in total. The number of carbonyl (C=O) groups excluding carboxylic acids is 5. The first-order valence-electron chi connectivity index (χ1n) is 21.6. The molecule has 0 spiro atoms. The van der Waals surface area contributed by atoms with E-state index >= 15 is 0 Å². The minimum absolute atomic E-state index is 0.0675. The highest BCUT2D eigenvalue weighted by molar-refractivity contribution is 6.23. The molecule has 0 radical (unpaired) electrons. The van der Waals surface area contributed by atoms with Gasteiger partial charge in [0.05, 0.1) is 29.6 Å². The molecule has 17 heteroatoms. The van der Waals surface area contributed by atoms with Gasteiger partial charge in [-0.15, -0.1) is 0 Å². The highest BCUT2D eigenvalue weighted by atomic mass is 16.3. The fraction of sp³-hybridized carbons (Fsp3) is 0.362. The van der Waals surface area contributed by atoms with Gasteiger partial charge in [-0.3, -0.25) is 48.8 Å². The maximum absolute atomic E-state index is 14.0. The second-order valence-electron chi connectivity index (χ2n) is 18.1. The van der Waals surface area contributed by atoms with E-state index in [1.807, 2.05) is 24.3 Å². The monoisotopic (exact) mass is 864 g/mol. The lowest BCUT2D eigenvalue weighted by atomic mass is 9.90. The second kappa shape index (κ2) is 15.7. The van der Waals surface area contributed by atoms with Crippen LogP contribution >= 0.6 is 0 Å². The number of hydrogen-bond donors (Lipinski definition) is 3. The number of imide groups is 2. The predicted octanol–water partition coefficient (Wildman–Crippen LogP) is 3.39. The van der Waals surface area contributed by atoms with Crippen LogP contribution < -0.4 is 26.0 Å². The van der Waals surface area contributed by atoms with Crippen LogP contribution in [0.3, 0.4) is 0 Å². The number of amides is 5. The van der Waals surface area contributed by atoms with Crippen molar-refractivity contribution < 1.29 is 29.1 Å². The van der Waals surface area contributed by atoms with Gasteiger partial charge in [-0.25, -0.2) is 9.97 Å². The lowest BCUT2D eigenvalue weighted by molar-refractivity contribution is -0.136. The zero-order chi connectivity index (χ0) is 44.6. The van der Waals surface area contributed by atoms with Crippen LogP contribution in [-0.4, -0.2) is 102 Å². The maximum atomic E-state index is 14.0. The van der Waals surface area contributed by atoms with Crippen molar-refractivity contribution in [1.82, 2.24) is 34.2 Å². The molecule has 3 N–H and O–H groups in total. The number of hydrogen-bond acceptors (Lipinski definition) is 12. The van der Waals surface area contributed by atoms with E-state index in [2.05, 4.69) is 48.8 Å².